The summed E-state index contributed by atoms with van der Waals surface area (Å²) in [6.07, 6.45) is 0. The maximum Gasteiger partial charge on any atom is 0.101 e. The highest BCUT2D eigenvalue weighted by atomic mass is 15.0. The van der Waals surface area contributed by atoms with Crippen molar-refractivity contribution in [2.75, 3.05) is 0 Å². The van der Waals surface area contributed by atoms with Crippen LogP contribution in [0.1, 0.15) is 11.1 Å². The van der Waals surface area contributed by atoms with Gasteiger partial charge in [-0.05, 0) is 72.3 Å². The Morgan fingerprint density at radius 2 is 0.836 bits per heavy atom. The molecule has 11 aromatic rings. The quantitative estimate of drug-likeness (QED) is 0.184. The monoisotopic (exact) mass is 699 g/mol. The molecule has 0 atom stereocenters. The van der Waals surface area contributed by atoms with Crippen LogP contribution in [0.5, 0.6) is 0 Å². The first-order valence-corrected chi connectivity index (χ1v) is 18.3. The van der Waals surface area contributed by atoms with Crippen molar-refractivity contribution in [3.63, 3.8) is 0 Å². The van der Waals surface area contributed by atoms with Crippen LogP contribution in [0.15, 0.2) is 176 Å². The summed E-state index contributed by atoms with van der Waals surface area (Å²) in [5.41, 5.74) is 12.5. The van der Waals surface area contributed by atoms with Gasteiger partial charge in [0, 0.05) is 43.6 Å². The van der Waals surface area contributed by atoms with Gasteiger partial charge in [0.05, 0.1) is 61.7 Å². The standard InChI is InChI=1S/C50H29N5/c51-30-32-21-25-41-39-14-5-10-20-47(39)55(49(41)27-32)48-28-33(22-23-34(48)31-52)36-11-1-6-16-43(36)54-46-19-9-4-15-40(46)42-26-24-35(29-50(42)54)53-44-17-7-2-12-37(44)38-13-3-8-18-45(38)53/h1-29H. The number of nitrogens with zero attached hydrogens (tertiary/aromatic N) is 5. The molecule has 0 fully saturated rings. The molecule has 3 aromatic heterocycles. The number of benzene rings is 8. The number of rotatable bonds is 4. The van der Waals surface area contributed by atoms with Crippen LogP contribution >= 0.6 is 0 Å². The summed E-state index contributed by atoms with van der Waals surface area (Å²) in [6, 6.07) is 66.0. The van der Waals surface area contributed by atoms with Crippen LogP contribution in [0.25, 0.3) is 93.6 Å². The van der Waals surface area contributed by atoms with Gasteiger partial charge in [0.25, 0.3) is 0 Å². The van der Waals surface area contributed by atoms with Gasteiger partial charge in [-0.2, -0.15) is 10.5 Å². The number of nitriles is 2. The molecular weight excluding hydrogens is 671 g/mol. The first-order valence-electron chi connectivity index (χ1n) is 18.3. The van der Waals surface area contributed by atoms with E-state index in [0.717, 1.165) is 61.0 Å². The van der Waals surface area contributed by atoms with E-state index in [9.17, 15) is 10.5 Å². The van der Waals surface area contributed by atoms with Crippen molar-refractivity contribution in [1.29, 1.82) is 10.5 Å². The summed E-state index contributed by atoms with van der Waals surface area (Å²) in [5.74, 6) is 0. The van der Waals surface area contributed by atoms with Crippen LogP contribution in [0.2, 0.25) is 0 Å². The third-order valence-corrected chi connectivity index (χ3v) is 11.1. The lowest BCUT2D eigenvalue weighted by molar-refractivity contribution is 1.15. The topological polar surface area (TPSA) is 62.4 Å². The summed E-state index contributed by atoms with van der Waals surface area (Å²) in [4.78, 5) is 0. The molecule has 8 aromatic carbocycles. The molecule has 0 aliphatic heterocycles. The Morgan fingerprint density at radius 1 is 0.345 bits per heavy atom. The zero-order chi connectivity index (χ0) is 36.6. The average Bonchev–Trinajstić information content (AvgIpc) is 3.88. The number of hydrogen-bond donors (Lipinski definition) is 0. The van der Waals surface area contributed by atoms with Crippen molar-refractivity contribution < 1.29 is 0 Å². The van der Waals surface area contributed by atoms with Gasteiger partial charge in [-0.1, -0.05) is 109 Å². The predicted molar refractivity (Wildman–Crippen MR) is 224 cm³/mol. The van der Waals surface area contributed by atoms with Crippen LogP contribution in [-0.4, -0.2) is 13.7 Å². The van der Waals surface area contributed by atoms with E-state index in [1.807, 2.05) is 42.5 Å². The van der Waals surface area contributed by atoms with E-state index in [4.69, 9.17) is 0 Å². The molecule has 5 nitrogen and oxygen atoms in total. The molecule has 3 heterocycles. The molecular formula is C50H29N5. The largest absolute Gasteiger partial charge is 0.309 e. The highest BCUT2D eigenvalue weighted by Gasteiger charge is 2.20. The van der Waals surface area contributed by atoms with E-state index in [1.165, 1.54) is 32.6 Å². The summed E-state index contributed by atoms with van der Waals surface area (Å²) >= 11 is 0. The molecule has 5 heteroatoms. The summed E-state index contributed by atoms with van der Waals surface area (Å²) in [7, 11) is 0. The number of para-hydroxylation sites is 5. The van der Waals surface area contributed by atoms with Crippen molar-refractivity contribution in [2.24, 2.45) is 0 Å². The van der Waals surface area contributed by atoms with Gasteiger partial charge in [-0.25, -0.2) is 0 Å². The minimum Gasteiger partial charge on any atom is -0.309 e. The molecule has 0 saturated carbocycles. The van der Waals surface area contributed by atoms with Crippen molar-refractivity contribution in [2.45, 2.75) is 0 Å². The lowest BCUT2D eigenvalue weighted by atomic mass is 10.00. The van der Waals surface area contributed by atoms with Crippen LogP contribution in [0, 0.1) is 22.7 Å². The maximum atomic E-state index is 10.5. The van der Waals surface area contributed by atoms with Crippen LogP contribution in [0.4, 0.5) is 0 Å². The van der Waals surface area contributed by atoms with Gasteiger partial charge in [0.15, 0.2) is 0 Å². The SMILES string of the molecule is N#Cc1ccc2c3ccccc3n(-c3cc(-c4ccccc4-n4c5ccccc5c5ccc(-n6c7ccccc7c7ccccc76)cc54)ccc3C#N)c2c1. The van der Waals surface area contributed by atoms with E-state index in [-0.39, 0.29) is 0 Å². The summed E-state index contributed by atoms with van der Waals surface area (Å²) in [6.45, 7) is 0. The number of fused-ring (bicyclic) bond motifs is 9. The molecule has 254 valence electrons. The second-order valence-electron chi connectivity index (χ2n) is 14.0. The Bertz CT molecular complexity index is 3420. The molecule has 0 bridgehead atoms. The molecule has 11 rings (SSSR count). The fourth-order valence-corrected chi connectivity index (χ4v) is 8.75. The lowest BCUT2D eigenvalue weighted by Gasteiger charge is -2.17. The molecule has 0 amide bonds. The second kappa shape index (κ2) is 11.8. The third-order valence-electron chi connectivity index (χ3n) is 11.1. The Labute approximate surface area is 316 Å². The maximum absolute atomic E-state index is 10.5. The first-order chi connectivity index (χ1) is 27.2. The minimum atomic E-state index is 0.555. The summed E-state index contributed by atoms with van der Waals surface area (Å²) < 4.78 is 6.89. The molecule has 0 aliphatic rings. The number of hydrogen-bond acceptors (Lipinski definition) is 2. The lowest BCUT2D eigenvalue weighted by Crippen LogP contribution is -2.01. The third kappa shape index (κ3) is 4.45. The Balaban J connectivity index is 1.17. The fourth-order valence-electron chi connectivity index (χ4n) is 8.75. The highest BCUT2D eigenvalue weighted by molar-refractivity contribution is 6.13. The Hall–Kier alpha value is -7.86. The van der Waals surface area contributed by atoms with Crippen molar-refractivity contribution in [3.8, 4) is 40.3 Å². The number of aromatic nitrogens is 3. The molecule has 0 radical (unpaired) electrons. The zero-order valence-electron chi connectivity index (χ0n) is 29.5. The van der Waals surface area contributed by atoms with Crippen LogP contribution < -0.4 is 0 Å². The van der Waals surface area contributed by atoms with Gasteiger partial charge in [0.2, 0.25) is 0 Å². The van der Waals surface area contributed by atoms with Crippen molar-refractivity contribution >= 4 is 65.4 Å². The van der Waals surface area contributed by atoms with Gasteiger partial charge in [0.1, 0.15) is 6.07 Å². The molecule has 0 unspecified atom stereocenters. The van der Waals surface area contributed by atoms with E-state index in [1.54, 1.807) is 0 Å². The first kappa shape index (κ1) is 30.7. The van der Waals surface area contributed by atoms with Gasteiger partial charge >= 0.3 is 0 Å². The van der Waals surface area contributed by atoms with E-state index < -0.39 is 0 Å². The molecule has 0 N–H and O–H groups in total. The van der Waals surface area contributed by atoms with Gasteiger partial charge in [-0.15, -0.1) is 0 Å². The smallest absolute Gasteiger partial charge is 0.101 e. The van der Waals surface area contributed by atoms with Crippen LogP contribution in [0.3, 0.4) is 0 Å². The normalized spacial score (nSPS) is 11.6. The van der Waals surface area contributed by atoms with E-state index in [0.29, 0.717) is 11.1 Å². The fraction of sp³-hybridized carbons (Fsp3) is 0. The van der Waals surface area contributed by atoms with Gasteiger partial charge < -0.3 is 13.7 Å². The highest BCUT2D eigenvalue weighted by Crippen LogP contribution is 2.40. The summed E-state index contributed by atoms with van der Waals surface area (Å²) in [5, 5.41) is 27.2. The average molecular weight is 700 g/mol. The van der Waals surface area contributed by atoms with E-state index in [2.05, 4.69) is 159 Å². The Morgan fingerprint density at radius 3 is 1.44 bits per heavy atom. The van der Waals surface area contributed by atoms with Crippen molar-refractivity contribution in [3.05, 3.63) is 187 Å². The molecule has 0 saturated heterocycles. The zero-order valence-corrected chi connectivity index (χ0v) is 29.5. The minimum absolute atomic E-state index is 0.555. The second-order valence-corrected chi connectivity index (χ2v) is 14.0. The molecule has 0 spiro atoms. The van der Waals surface area contributed by atoms with Gasteiger partial charge in [-0.3, -0.25) is 0 Å². The molecule has 0 aliphatic carbocycles. The van der Waals surface area contributed by atoms with Crippen molar-refractivity contribution in [1.82, 2.24) is 13.7 Å². The van der Waals surface area contributed by atoms with E-state index >= 15 is 0 Å². The molecule has 55 heavy (non-hydrogen) atoms. The predicted octanol–water partition coefficient (Wildman–Crippen LogP) is 12.4. The van der Waals surface area contributed by atoms with Crippen LogP contribution in [-0.2, 0) is 0 Å². The Kier molecular flexibility index (Phi) is 6.61.